The van der Waals surface area contributed by atoms with E-state index in [4.69, 9.17) is 0 Å². The molecule has 2 rings (SSSR count). The number of benzene rings is 2. The lowest BCUT2D eigenvalue weighted by atomic mass is 10.2. The van der Waals surface area contributed by atoms with Gasteiger partial charge in [0, 0.05) is 11.4 Å². The van der Waals surface area contributed by atoms with Crippen molar-refractivity contribution in [2.45, 2.75) is 17.6 Å². The van der Waals surface area contributed by atoms with Gasteiger partial charge in [0.2, 0.25) is 5.91 Å². The van der Waals surface area contributed by atoms with Gasteiger partial charge in [0.05, 0.1) is 5.75 Å². The van der Waals surface area contributed by atoms with E-state index in [1.165, 1.54) is 18.2 Å². The molecule has 0 aliphatic heterocycles. The number of amides is 1. The molecule has 2 aromatic carbocycles. The van der Waals surface area contributed by atoms with Crippen LogP contribution in [-0.4, -0.2) is 24.4 Å². The van der Waals surface area contributed by atoms with Crippen LogP contribution in [0, 0.1) is 5.82 Å². The zero-order chi connectivity index (χ0) is 18.3. The lowest BCUT2D eigenvalue weighted by Crippen LogP contribution is -2.24. The molecule has 0 bridgehead atoms. The molecule has 0 aliphatic rings. The fourth-order valence-corrected chi connectivity index (χ4v) is 2.64. The summed E-state index contributed by atoms with van der Waals surface area (Å²) < 4.78 is 54.5. The Morgan fingerprint density at radius 1 is 1.12 bits per heavy atom. The van der Waals surface area contributed by atoms with Crippen molar-refractivity contribution in [2.24, 2.45) is 0 Å². The summed E-state index contributed by atoms with van der Waals surface area (Å²) in [6.07, 6.45) is -4.41. The van der Waals surface area contributed by atoms with Gasteiger partial charge in [0.1, 0.15) is 11.6 Å². The van der Waals surface area contributed by atoms with Crippen molar-refractivity contribution in [1.82, 2.24) is 5.32 Å². The monoisotopic (exact) mass is 373 g/mol. The van der Waals surface area contributed by atoms with E-state index in [-0.39, 0.29) is 24.0 Å². The Kier molecular flexibility index (Phi) is 6.69. The highest BCUT2D eigenvalue weighted by molar-refractivity contribution is 8.00. The number of rotatable bonds is 7. The average Bonchev–Trinajstić information content (AvgIpc) is 2.57. The van der Waals surface area contributed by atoms with Crippen LogP contribution in [0.15, 0.2) is 53.4 Å². The summed E-state index contributed by atoms with van der Waals surface area (Å²) in [5.41, 5.74) is 0.601. The van der Waals surface area contributed by atoms with Crippen molar-refractivity contribution >= 4 is 17.7 Å². The highest BCUT2D eigenvalue weighted by atomic mass is 32.2. The first-order valence-corrected chi connectivity index (χ1v) is 8.24. The first-order chi connectivity index (χ1) is 11.8. The van der Waals surface area contributed by atoms with E-state index in [2.05, 4.69) is 10.1 Å². The van der Waals surface area contributed by atoms with Gasteiger partial charge in [0.15, 0.2) is 6.61 Å². The molecule has 0 saturated heterocycles. The molecule has 0 spiro atoms. The molecule has 0 aliphatic carbocycles. The Hall–Kier alpha value is -2.22. The van der Waals surface area contributed by atoms with Crippen molar-refractivity contribution in [3.63, 3.8) is 0 Å². The summed E-state index contributed by atoms with van der Waals surface area (Å²) in [5, 5.41) is 2.63. The topological polar surface area (TPSA) is 38.3 Å². The van der Waals surface area contributed by atoms with Gasteiger partial charge in [-0.15, -0.1) is 11.8 Å². The van der Waals surface area contributed by atoms with E-state index in [0.717, 1.165) is 11.8 Å². The molecule has 25 heavy (non-hydrogen) atoms. The molecular formula is C17H15F4NO2S. The second-order valence-electron chi connectivity index (χ2n) is 5.05. The average molecular weight is 373 g/mol. The number of nitrogens with one attached hydrogen (secondary N) is 1. The van der Waals surface area contributed by atoms with E-state index < -0.39 is 18.6 Å². The Balaban J connectivity index is 1.80. The molecule has 3 nitrogen and oxygen atoms in total. The molecule has 0 heterocycles. The van der Waals surface area contributed by atoms with Crippen molar-refractivity contribution in [1.29, 1.82) is 0 Å². The van der Waals surface area contributed by atoms with E-state index in [0.29, 0.717) is 10.5 Å². The summed E-state index contributed by atoms with van der Waals surface area (Å²) >= 11 is 1.07. The highest BCUT2D eigenvalue weighted by Crippen LogP contribution is 2.21. The SMILES string of the molecule is O=C(CSc1ccccc1F)NCc1cccc(OCC(F)(F)F)c1. The Labute approximate surface area is 146 Å². The maximum absolute atomic E-state index is 13.4. The maximum Gasteiger partial charge on any atom is 0.422 e. The van der Waals surface area contributed by atoms with E-state index in [9.17, 15) is 22.4 Å². The third-order valence-electron chi connectivity index (χ3n) is 2.99. The van der Waals surface area contributed by atoms with Gasteiger partial charge in [-0.2, -0.15) is 13.2 Å². The van der Waals surface area contributed by atoms with E-state index in [1.54, 1.807) is 30.3 Å². The maximum atomic E-state index is 13.4. The number of halogens is 4. The minimum atomic E-state index is -4.41. The second kappa shape index (κ2) is 8.75. The standard InChI is InChI=1S/C17H15F4NO2S/c18-14-6-1-2-7-15(14)25-10-16(23)22-9-12-4-3-5-13(8-12)24-11-17(19,20)21/h1-8H,9-11H2,(H,22,23). The minimum absolute atomic E-state index is 0.0329. The van der Waals surface area contributed by atoms with Gasteiger partial charge >= 0.3 is 6.18 Å². The van der Waals surface area contributed by atoms with Crippen LogP contribution in [0.25, 0.3) is 0 Å². The minimum Gasteiger partial charge on any atom is -0.484 e. The van der Waals surface area contributed by atoms with Crippen LogP contribution in [0.2, 0.25) is 0 Å². The second-order valence-corrected chi connectivity index (χ2v) is 6.06. The van der Waals surface area contributed by atoms with Crippen LogP contribution < -0.4 is 10.1 Å². The van der Waals surface area contributed by atoms with Crippen molar-refractivity contribution in [3.8, 4) is 5.75 Å². The summed E-state index contributed by atoms with van der Waals surface area (Å²) in [6.45, 7) is -1.23. The third kappa shape index (κ3) is 7.04. The number of alkyl halides is 3. The number of ether oxygens (including phenoxy) is 1. The van der Waals surface area contributed by atoms with Gasteiger partial charge in [-0.05, 0) is 29.8 Å². The van der Waals surface area contributed by atoms with E-state index >= 15 is 0 Å². The van der Waals surface area contributed by atoms with Crippen molar-refractivity contribution in [3.05, 3.63) is 59.9 Å². The first kappa shape index (κ1) is 19.1. The summed E-state index contributed by atoms with van der Waals surface area (Å²) in [7, 11) is 0. The summed E-state index contributed by atoms with van der Waals surface area (Å²) in [6, 6.07) is 12.2. The predicted molar refractivity (Wildman–Crippen MR) is 87.0 cm³/mol. The first-order valence-electron chi connectivity index (χ1n) is 7.26. The van der Waals surface area contributed by atoms with Crippen LogP contribution in [0.4, 0.5) is 17.6 Å². The number of hydrogen-bond acceptors (Lipinski definition) is 3. The Bertz CT molecular complexity index is 722. The lowest BCUT2D eigenvalue weighted by molar-refractivity contribution is -0.153. The highest BCUT2D eigenvalue weighted by Gasteiger charge is 2.28. The molecule has 2 aromatic rings. The zero-order valence-electron chi connectivity index (χ0n) is 13.0. The Morgan fingerprint density at radius 2 is 1.88 bits per heavy atom. The molecule has 0 saturated carbocycles. The number of carbonyl (C=O) groups is 1. The normalized spacial score (nSPS) is 11.2. The number of carbonyl (C=O) groups excluding carboxylic acids is 1. The predicted octanol–water partition coefficient (Wildman–Crippen LogP) is 4.18. The Morgan fingerprint density at radius 3 is 2.60 bits per heavy atom. The molecule has 0 aromatic heterocycles. The van der Waals surface area contributed by atoms with E-state index in [1.807, 2.05) is 0 Å². The van der Waals surface area contributed by atoms with Gasteiger partial charge < -0.3 is 10.1 Å². The summed E-state index contributed by atoms with van der Waals surface area (Å²) in [4.78, 5) is 12.2. The number of thioether (sulfide) groups is 1. The van der Waals surface area contributed by atoms with Gasteiger partial charge in [-0.3, -0.25) is 4.79 Å². The molecule has 1 amide bonds. The number of hydrogen-bond donors (Lipinski definition) is 1. The fourth-order valence-electron chi connectivity index (χ4n) is 1.87. The van der Waals surface area contributed by atoms with Crippen molar-refractivity contribution < 1.29 is 27.1 Å². The van der Waals surface area contributed by atoms with Gasteiger partial charge in [-0.25, -0.2) is 4.39 Å². The molecule has 1 N–H and O–H groups in total. The van der Waals surface area contributed by atoms with Gasteiger partial charge in [-0.1, -0.05) is 24.3 Å². The van der Waals surface area contributed by atoms with Gasteiger partial charge in [0.25, 0.3) is 0 Å². The fraction of sp³-hybridized carbons (Fsp3) is 0.235. The molecule has 8 heteroatoms. The molecule has 134 valence electrons. The molecule has 0 unspecified atom stereocenters. The molecule has 0 radical (unpaired) electrons. The van der Waals surface area contributed by atoms with Crippen molar-refractivity contribution in [2.75, 3.05) is 12.4 Å². The quantitative estimate of drug-likeness (QED) is 0.585. The van der Waals surface area contributed by atoms with Crippen LogP contribution in [0.5, 0.6) is 5.75 Å². The van der Waals surface area contributed by atoms with Crippen LogP contribution in [0.1, 0.15) is 5.56 Å². The smallest absolute Gasteiger partial charge is 0.422 e. The zero-order valence-corrected chi connectivity index (χ0v) is 13.8. The van der Waals surface area contributed by atoms with Crippen LogP contribution >= 0.6 is 11.8 Å². The largest absolute Gasteiger partial charge is 0.484 e. The molecule has 0 atom stereocenters. The van der Waals surface area contributed by atoms with Crippen LogP contribution in [0.3, 0.4) is 0 Å². The van der Waals surface area contributed by atoms with Crippen LogP contribution in [-0.2, 0) is 11.3 Å². The molecule has 0 fully saturated rings. The summed E-state index contributed by atoms with van der Waals surface area (Å²) in [5.74, 6) is -0.597. The molecular weight excluding hydrogens is 358 g/mol. The third-order valence-corrected chi connectivity index (χ3v) is 4.03. The lowest BCUT2D eigenvalue weighted by Gasteiger charge is -2.11.